The zero-order valence-corrected chi connectivity index (χ0v) is 15.9. The van der Waals surface area contributed by atoms with Gasteiger partial charge in [0.15, 0.2) is 5.65 Å². The SMILES string of the molecule is N#CC1(c2cccc(C(=O)Nc3cccc(Oc4ccc5nccn5n4)c3)c2)CC1. The highest BCUT2D eigenvalue weighted by atomic mass is 16.5. The largest absolute Gasteiger partial charge is 0.438 e. The Morgan fingerprint density at radius 1 is 1.13 bits per heavy atom. The van der Waals surface area contributed by atoms with E-state index in [2.05, 4.69) is 21.5 Å². The van der Waals surface area contributed by atoms with Crippen molar-refractivity contribution in [2.75, 3.05) is 5.32 Å². The molecule has 1 aliphatic carbocycles. The first kappa shape index (κ1) is 17.9. The van der Waals surface area contributed by atoms with Gasteiger partial charge in [0.1, 0.15) is 5.75 Å². The predicted molar refractivity (Wildman–Crippen MR) is 110 cm³/mol. The molecular formula is C23H17N5O2. The molecule has 146 valence electrons. The van der Waals surface area contributed by atoms with Crippen molar-refractivity contribution in [2.45, 2.75) is 18.3 Å². The highest BCUT2D eigenvalue weighted by Crippen LogP contribution is 2.47. The van der Waals surface area contributed by atoms with Crippen molar-refractivity contribution in [1.82, 2.24) is 14.6 Å². The Kier molecular flexibility index (Phi) is 4.18. The highest BCUT2D eigenvalue weighted by molar-refractivity contribution is 6.04. The highest BCUT2D eigenvalue weighted by Gasteiger charge is 2.44. The average Bonchev–Trinajstić information content (AvgIpc) is 3.44. The van der Waals surface area contributed by atoms with Crippen LogP contribution in [-0.2, 0) is 5.41 Å². The zero-order valence-electron chi connectivity index (χ0n) is 15.9. The van der Waals surface area contributed by atoms with Crippen molar-refractivity contribution < 1.29 is 9.53 Å². The van der Waals surface area contributed by atoms with Crippen molar-refractivity contribution in [1.29, 1.82) is 5.26 Å². The van der Waals surface area contributed by atoms with E-state index in [4.69, 9.17) is 4.74 Å². The number of nitrogens with zero attached hydrogens (tertiary/aromatic N) is 4. The maximum atomic E-state index is 12.7. The molecule has 1 amide bonds. The van der Waals surface area contributed by atoms with Crippen molar-refractivity contribution in [3.63, 3.8) is 0 Å². The molecule has 7 nitrogen and oxygen atoms in total. The normalized spacial score (nSPS) is 14.1. The average molecular weight is 395 g/mol. The Labute approximate surface area is 172 Å². The fourth-order valence-electron chi connectivity index (χ4n) is 3.36. The Morgan fingerprint density at radius 2 is 2.00 bits per heavy atom. The van der Waals surface area contributed by atoms with Gasteiger partial charge in [-0.1, -0.05) is 18.2 Å². The van der Waals surface area contributed by atoms with Gasteiger partial charge in [0, 0.05) is 35.8 Å². The van der Waals surface area contributed by atoms with Crippen LogP contribution in [0.5, 0.6) is 11.6 Å². The third kappa shape index (κ3) is 3.35. The van der Waals surface area contributed by atoms with E-state index in [1.807, 2.05) is 18.2 Å². The molecule has 0 spiro atoms. The molecule has 0 unspecified atom stereocenters. The lowest BCUT2D eigenvalue weighted by molar-refractivity contribution is 0.102. The molecule has 1 fully saturated rings. The number of imidazole rings is 1. The molecule has 1 aliphatic rings. The van der Waals surface area contributed by atoms with Crippen LogP contribution in [-0.4, -0.2) is 20.5 Å². The third-order valence-corrected chi connectivity index (χ3v) is 5.19. The minimum atomic E-state index is -0.423. The first-order valence-electron chi connectivity index (χ1n) is 9.57. The molecule has 0 saturated heterocycles. The molecule has 0 radical (unpaired) electrons. The lowest BCUT2D eigenvalue weighted by Gasteiger charge is -2.11. The summed E-state index contributed by atoms with van der Waals surface area (Å²) in [6, 6.07) is 20.3. The van der Waals surface area contributed by atoms with Crippen molar-refractivity contribution >= 4 is 17.2 Å². The molecule has 1 N–H and O–H groups in total. The van der Waals surface area contributed by atoms with Crippen LogP contribution in [0.15, 0.2) is 73.1 Å². The number of hydrogen-bond acceptors (Lipinski definition) is 5. The minimum Gasteiger partial charge on any atom is -0.438 e. The van der Waals surface area contributed by atoms with Crippen molar-refractivity contribution in [3.8, 4) is 17.7 Å². The number of amides is 1. The fourth-order valence-corrected chi connectivity index (χ4v) is 3.36. The van der Waals surface area contributed by atoms with E-state index in [0.717, 1.165) is 24.1 Å². The second-order valence-corrected chi connectivity index (χ2v) is 7.26. The Hall–Kier alpha value is -4.18. The summed E-state index contributed by atoms with van der Waals surface area (Å²) in [5.41, 5.74) is 2.33. The Bertz CT molecular complexity index is 1300. The number of nitrogens with one attached hydrogen (secondary N) is 1. The summed E-state index contributed by atoms with van der Waals surface area (Å²) in [7, 11) is 0. The molecule has 2 aromatic carbocycles. The molecule has 0 aliphatic heterocycles. The quantitative estimate of drug-likeness (QED) is 0.543. The molecule has 5 rings (SSSR count). The summed E-state index contributed by atoms with van der Waals surface area (Å²) in [6.45, 7) is 0. The Balaban J connectivity index is 1.32. The fraction of sp³-hybridized carbons (Fsp3) is 0.130. The van der Waals surface area contributed by atoms with E-state index in [1.54, 1.807) is 59.4 Å². The number of rotatable bonds is 5. The molecular weight excluding hydrogens is 378 g/mol. The number of carbonyl (C=O) groups excluding carboxylic acids is 1. The number of nitriles is 1. The van der Waals surface area contributed by atoms with Crippen LogP contribution in [0.1, 0.15) is 28.8 Å². The van der Waals surface area contributed by atoms with Gasteiger partial charge >= 0.3 is 0 Å². The summed E-state index contributed by atoms with van der Waals surface area (Å²) < 4.78 is 7.45. The van der Waals surface area contributed by atoms with Gasteiger partial charge in [-0.2, -0.15) is 5.26 Å². The maximum absolute atomic E-state index is 12.7. The number of anilines is 1. The van der Waals surface area contributed by atoms with Crippen LogP contribution in [0.3, 0.4) is 0 Å². The van der Waals surface area contributed by atoms with E-state index in [9.17, 15) is 10.1 Å². The third-order valence-electron chi connectivity index (χ3n) is 5.19. The topological polar surface area (TPSA) is 92.3 Å². The zero-order chi connectivity index (χ0) is 20.6. The van der Waals surface area contributed by atoms with Crippen LogP contribution in [0.25, 0.3) is 5.65 Å². The summed E-state index contributed by atoms with van der Waals surface area (Å²) in [5.74, 6) is 0.735. The molecule has 30 heavy (non-hydrogen) atoms. The van der Waals surface area contributed by atoms with Gasteiger partial charge < -0.3 is 10.1 Å². The summed E-state index contributed by atoms with van der Waals surface area (Å²) in [5, 5.41) is 16.6. The van der Waals surface area contributed by atoms with E-state index < -0.39 is 5.41 Å². The number of ether oxygens (including phenoxy) is 1. The second-order valence-electron chi connectivity index (χ2n) is 7.26. The standard InChI is InChI=1S/C23H17N5O2/c24-15-23(9-10-23)17-4-1-3-16(13-17)22(29)26-18-5-2-6-19(14-18)30-21-8-7-20-25-11-12-28(20)27-21/h1-8,11-14H,9-10H2,(H,26,29). The van der Waals surface area contributed by atoms with E-state index in [0.29, 0.717) is 22.9 Å². The summed E-state index contributed by atoms with van der Waals surface area (Å²) >= 11 is 0. The van der Waals surface area contributed by atoms with Crippen molar-refractivity contribution in [2.24, 2.45) is 0 Å². The number of hydrogen-bond donors (Lipinski definition) is 1. The molecule has 2 heterocycles. The van der Waals surface area contributed by atoms with Gasteiger partial charge in [-0.25, -0.2) is 9.50 Å². The number of fused-ring (bicyclic) bond motifs is 1. The van der Waals surface area contributed by atoms with Gasteiger partial charge in [-0.15, -0.1) is 5.10 Å². The smallest absolute Gasteiger partial charge is 0.255 e. The molecule has 2 aromatic heterocycles. The van der Waals surface area contributed by atoms with Gasteiger partial charge in [0.25, 0.3) is 5.91 Å². The van der Waals surface area contributed by atoms with Crippen LogP contribution < -0.4 is 10.1 Å². The predicted octanol–water partition coefficient (Wildman–Crippen LogP) is 4.33. The van der Waals surface area contributed by atoms with Gasteiger partial charge in [-0.3, -0.25) is 4.79 Å². The molecule has 1 saturated carbocycles. The van der Waals surface area contributed by atoms with E-state index in [-0.39, 0.29) is 5.91 Å². The molecule has 0 bridgehead atoms. The molecule has 4 aromatic rings. The molecule has 7 heteroatoms. The first-order valence-corrected chi connectivity index (χ1v) is 9.57. The van der Waals surface area contributed by atoms with E-state index in [1.165, 1.54) is 0 Å². The van der Waals surface area contributed by atoms with Crippen LogP contribution >= 0.6 is 0 Å². The van der Waals surface area contributed by atoms with E-state index >= 15 is 0 Å². The lowest BCUT2D eigenvalue weighted by Crippen LogP contribution is -2.13. The number of aromatic nitrogens is 3. The Morgan fingerprint density at radius 3 is 2.83 bits per heavy atom. The summed E-state index contributed by atoms with van der Waals surface area (Å²) in [4.78, 5) is 16.9. The van der Waals surface area contributed by atoms with Crippen molar-refractivity contribution in [3.05, 3.63) is 84.2 Å². The number of benzene rings is 2. The first-order chi connectivity index (χ1) is 14.6. The maximum Gasteiger partial charge on any atom is 0.255 e. The second kappa shape index (κ2) is 7.01. The number of carbonyl (C=O) groups is 1. The summed E-state index contributed by atoms with van der Waals surface area (Å²) in [6.07, 6.45) is 5.09. The van der Waals surface area contributed by atoms with Crippen LogP contribution in [0.4, 0.5) is 5.69 Å². The van der Waals surface area contributed by atoms with Gasteiger partial charge in [-0.05, 0) is 48.7 Å². The van der Waals surface area contributed by atoms with Gasteiger partial charge in [0.2, 0.25) is 5.88 Å². The van der Waals surface area contributed by atoms with Crippen LogP contribution in [0, 0.1) is 11.3 Å². The van der Waals surface area contributed by atoms with Crippen LogP contribution in [0.2, 0.25) is 0 Å². The molecule has 0 atom stereocenters. The monoisotopic (exact) mass is 395 g/mol. The lowest BCUT2D eigenvalue weighted by atomic mass is 9.96. The minimum absolute atomic E-state index is 0.235. The van der Waals surface area contributed by atoms with Gasteiger partial charge in [0.05, 0.1) is 11.5 Å².